The smallest absolute Gasteiger partial charge is 0.312 e. The van der Waals surface area contributed by atoms with Crippen LogP contribution < -0.4 is 0 Å². The molecule has 42 heavy (non-hydrogen) atoms. The van der Waals surface area contributed by atoms with E-state index >= 15 is 0 Å². The van der Waals surface area contributed by atoms with Crippen molar-refractivity contribution in [2.75, 3.05) is 13.2 Å². The Morgan fingerprint density at radius 1 is 1.00 bits per heavy atom. The van der Waals surface area contributed by atoms with Gasteiger partial charge in [-0.1, -0.05) is 48.0 Å². The van der Waals surface area contributed by atoms with Gasteiger partial charge in [-0.25, -0.2) is 0 Å². The largest absolute Gasteiger partial charge is 0.498 e. The predicted molar refractivity (Wildman–Crippen MR) is 159 cm³/mol. The molecule has 0 bridgehead atoms. The lowest BCUT2D eigenvalue weighted by Gasteiger charge is -2.41. The summed E-state index contributed by atoms with van der Waals surface area (Å²) in [4.78, 5) is 13.6. The van der Waals surface area contributed by atoms with Crippen molar-refractivity contribution < 1.29 is 43.4 Å². The Labute approximate surface area is 253 Å². The lowest BCUT2D eigenvalue weighted by Crippen LogP contribution is -2.47. The van der Waals surface area contributed by atoms with Crippen molar-refractivity contribution in [1.29, 1.82) is 0 Å². The molecular weight excluding hydrogens is 540 g/mol. The SMILES string of the molecule is CC=C(OCCCC)C1CC(OC2C(O)OC3C(OC(=O)C(C)(CC(C)C)C(C)(C)C)C(O)OC23)CC1C(C)OCC. The highest BCUT2D eigenvalue weighted by Crippen LogP contribution is 2.47. The number of ether oxygens (including phenoxy) is 6. The number of aliphatic hydroxyl groups is 2. The van der Waals surface area contributed by atoms with Crippen molar-refractivity contribution in [3.63, 3.8) is 0 Å². The molecule has 9 nitrogen and oxygen atoms in total. The maximum atomic E-state index is 13.6. The van der Waals surface area contributed by atoms with Crippen LogP contribution in [0.1, 0.15) is 101 Å². The minimum atomic E-state index is -1.38. The van der Waals surface area contributed by atoms with E-state index < -0.39 is 48.4 Å². The van der Waals surface area contributed by atoms with Crippen LogP contribution in [-0.4, -0.2) is 78.6 Å². The van der Waals surface area contributed by atoms with Crippen LogP contribution in [0.3, 0.4) is 0 Å². The summed E-state index contributed by atoms with van der Waals surface area (Å²) in [6.07, 6.45) is -0.227. The first-order valence-corrected chi connectivity index (χ1v) is 16.1. The Hall–Kier alpha value is -1.23. The van der Waals surface area contributed by atoms with Crippen molar-refractivity contribution in [2.45, 2.75) is 151 Å². The molecule has 2 saturated heterocycles. The Balaban J connectivity index is 1.73. The quantitative estimate of drug-likeness (QED) is 0.155. The maximum Gasteiger partial charge on any atom is 0.312 e. The van der Waals surface area contributed by atoms with Gasteiger partial charge in [0.1, 0.15) is 18.3 Å². The molecule has 0 aromatic rings. The molecule has 11 unspecified atom stereocenters. The van der Waals surface area contributed by atoms with Crippen molar-refractivity contribution in [3.8, 4) is 0 Å². The molecule has 2 N–H and O–H groups in total. The van der Waals surface area contributed by atoms with Crippen LogP contribution in [0.25, 0.3) is 0 Å². The third-order valence-corrected chi connectivity index (χ3v) is 9.66. The van der Waals surface area contributed by atoms with Gasteiger partial charge in [0, 0.05) is 12.5 Å². The van der Waals surface area contributed by atoms with Crippen molar-refractivity contribution in [3.05, 3.63) is 11.8 Å². The molecule has 3 aliphatic rings. The molecule has 1 saturated carbocycles. The Bertz CT molecular complexity index is 898. The minimum Gasteiger partial charge on any atom is -0.498 e. The fourth-order valence-electron chi connectivity index (χ4n) is 6.85. The van der Waals surface area contributed by atoms with Crippen LogP contribution in [0.15, 0.2) is 11.8 Å². The van der Waals surface area contributed by atoms with Gasteiger partial charge in [0.05, 0.1) is 30.0 Å². The first kappa shape index (κ1) is 35.3. The van der Waals surface area contributed by atoms with Gasteiger partial charge >= 0.3 is 5.97 Å². The summed E-state index contributed by atoms with van der Waals surface area (Å²) in [5, 5.41) is 21.7. The maximum absolute atomic E-state index is 13.6. The summed E-state index contributed by atoms with van der Waals surface area (Å²) in [5.41, 5.74) is -1.17. The lowest BCUT2D eigenvalue weighted by molar-refractivity contribution is -0.224. The Kier molecular flexibility index (Phi) is 12.3. The van der Waals surface area contributed by atoms with Gasteiger partial charge in [0.15, 0.2) is 18.7 Å². The molecule has 0 aromatic carbocycles. The van der Waals surface area contributed by atoms with E-state index in [2.05, 4.69) is 27.7 Å². The van der Waals surface area contributed by atoms with E-state index in [9.17, 15) is 15.0 Å². The van der Waals surface area contributed by atoms with E-state index in [1.54, 1.807) is 0 Å². The molecule has 1 aliphatic carbocycles. The molecule has 244 valence electrons. The first-order valence-electron chi connectivity index (χ1n) is 16.1. The number of carbonyl (C=O) groups excluding carboxylic acids is 1. The fraction of sp³-hybridized carbons (Fsp3) is 0.909. The van der Waals surface area contributed by atoms with Crippen LogP contribution in [0.5, 0.6) is 0 Å². The van der Waals surface area contributed by atoms with Crippen molar-refractivity contribution in [1.82, 2.24) is 0 Å². The van der Waals surface area contributed by atoms with Gasteiger partial charge < -0.3 is 38.6 Å². The van der Waals surface area contributed by atoms with Crippen molar-refractivity contribution in [2.24, 2.45) is 28.6 Å². The minimum absolute atomic E-state index is 0.00661. The molecule has 0 radical (unpaired) electrons. The van der Waals surface area contributed by atoms with Crippen LogP contribution in [0, 0.1) is 28.6 Å². The second kappa shape index (κ2) is 14.7. The Morgan fingerprint density at radius 2 is 1.62 bits per heavy atom. The topological polar surface area (TPSA) is 113 Å². The Morgan fingerprint density at radius 3 is 2.17 bits per heavy atom. The molecule has 3 rings (SSSR count). The number of fused-ring (bicyclic) bond motifs is 1. The zero-order chi connectivity index (χ0) is 31.4. The second-order valence-electron chi connectivity index (χ2n) is 14.1. The molecule has 3 fully saturated rings. The summed E-state index contributed by atoms with van der Waals surface area (Å²) in [7, 11) is 0. The highest BCUT2D eigenvalue weighted by Gasteiger charge is 2.60. The number of hydrogen-bond donors (Lipinski definition) is 2. The monoisotopic (exact) mass is 598 g/mol. The lowest BCUT2D eigenvalue weighted by atomic mass is 9.64. The van der Waals surface area contributed by atoms with E-state index in [4.69, 9.17) is 28.4 Å². The molecule has 2 aliphatic heterocycles. The van der Waals surface area contributed by atoms with E-state index in [0.29, 0.717) is 26.1 Å². The third-order valence-electron chi connectivity index (χ3n) is 9.66. The van der Waals surface area contributed by atoms with Crippen molar-refractivity contribution >= 4 is 5.97 Å². The normalized spacial score (nSPS) is 35.7. The molecule has 0 amide bonds. The van der Waals surface area contributed by atoms with Crippen LogP contribution in [0.4, 0.5) is 0 Å². The molecule has 9 heteroatoms. The van der Waals surface area contributed by atoms with Gasteiger partial charge in [0.25, 0.3) is 0 Å². The van der Waals surface area contributed by atoms with E-state index in [1.165, 1.54) is 0 Å². The zero-order valence-electron chi connectivity index (χ0n) is 27.6. The molecule has 2 heterocycles. The predicted octanol–water partition coefficient (Wildman–Crippen LogP) is 5.36. The van der Waals surface area contributed by atoms with Crippen LogP contribution >= 0.6 is 0 Å². The highest BCUT2D eigenvalue weighted by atomic mass is 16.7. The van der Waals surface area contributed by atoms with Gasteiger partial charge in [0.2, 0.25) is 0 Å². The van der Waals surface area contributed by atoms with Gasteiger partial charge in [-0.15, -0.1) is 0 Å². The summed E-state index contributed by atoms with van der Waals surface area (Å²) >= 11 is 0. The summed E-state index contributed by atoms with van der Waals surface area (Å²) in [6, 6.07) is 0. The molecule has 0 spiro atoms. The first-order chi connectivity index (χ1) is 19.7. The zero-order valence-corrected chi connectivity index (χ0v) is 27.6. The van der Waals surface area contributed by atoms with E-state index in [1.807, 2.05) is 47.6 Å². The second-order valence-corrected chi connectivity index (χ2v) is 14.1. The molecule has 0 aromatic heterocycles. The number of unbranched alkanes of at least 4 members (excludes halogenated alkanes) is 1. The summed E-state index contributed by atoms with van der Waals surface area (Å²) < 4.78 is 36.3. The van der Waals surface area contributed by atoms with E-state index in [0.717, 1.165) is 25.0 Å². The van der Waals surface area contributed by atoms with Crippen LogP contribution in [0.2, 0.25) is 0 Å². The van der Waals surface area contributed by atoms with E-state index in [-0.39, 0.29) is 35.4 Å². The van der Waals surface area contributed by atoms with Gasteiger partial charge in [-0.3, -0.25) is 4.79 Å². The highest BCUT2D eigenvalue weighted by molar-refractivity contribution is 5.77. The van der Waals surface area contributed by atoms with Crippen LogP contribution in [-0.2, 0) is 33.2 Å². The number of rotatable bonds is 14. The molecular formula is C33H58O9. The van der Waals surface area contributed by atoms with Gasteiger partial charge in [-0.2, -0.15) is 0 Å². The summed E-state index contributed by atoms with van der Waals surface area (Å²) in [6.45, 7) is 21.6. The number of esters is 1. The molecule has 11 atom stereocenters. The number of carbonyl (C=O) groups is 1. The standard InChI is InChI=1S/C33H58O9/c1-11-14-15-38-24(12-2)23-17-21(16-22(23)20(6)37-13-3)39-27-25-26(41-29(27)34)28(30(35)40-25)42-31(36)33(10,18-19(4)5)32(7,8)9/h12,19-23,25-30,34-35H,11,13-18H2,1-10H3. The average molecular weight is 599 g/mol. The number of allylic oxidation sites excluding steroid dienone is 2. The summed E-state index contributed by atoms with van der Waals surface area (Å²) in [5.74, 6) is 1.11. The fourth-order valence-corrected chi connectivity index (χ4v) is 6.85. The number of hydrogen-bond acceptors (Lipinski definition) is 9. The average Bonchev–Trinajstić information content (AvgIpc) is 3.54. The van der Waals surface area contributed by atoms with Gasteiger partial charge in [-0.05, 0) is 76.7 Å². The third kappa shape index (κ3) is 7.70. The number of aliphatic hydroxyl groups excluding tert-OH is 2.